The van der Waals surface area contributed by atoms with Crippen molar-refractivity contribution in [1.82, 2.24) is 10.2 Å². The summed E-state index contributed by atoms with van der Waals surface area (Å²) in [5, 5.41) is 3.64. The first-order valence-electron chi connectivity index (χ1n) is 7.11. The third kappa shape index (κ3) is 3.82. The molecular formula is C16H26N2. The number of hydrogen-bond donors (Lipinski definition) is 1. The van der Waals surface area contributed by atoms with E-state index in [1.54, 1.807) is 0 Å². The fraction of sp³-hybridized carbons (Fsp3) is 0.625. The lowest BCUT2D eigenvalue weighted by Crippen LogP contribution is -2.44. The van der Waals surface area contributed by atoms with Gasteiger partial charge in [-0.05, 0) is 50.4 Å². The van der Waals surface area contributed by atoms with Crippen LogP contribution in [0.25, 0.3) is 0 Å². The molecule has 0 saturated carbocycles. The van der Waals surface area contributed by atoms with E-state index in [1.165, 1.54) is 30.5 Å². The third-order valence-corrected chi connectivity index (χ3v) is 3.99. The van der Waals surface area contributed by atoms with E-state index in [0.29, 0.717) is 6.04 Å². The average Bonchev–Trinajstić information content (AvgIpc) is 2.32. The third-order valence-electron chi connectivity index (χ3n) is 3.99. The van der Waals surface area contributed by atoms with Gasteiger partial charge in [0.25, 0.3) is 0 Å². The summed E-state index contributed by atoms with van der Waals surface area (Å²) in [5.74, 6) is 0.878. The fourth-order valence-electron chi connectivity index (χ4n) is 2.88. The molecule has 0 aromatic heterocycles. The lowest BCUT2D eigenvalue weighted by Gasteiger charge is -2.31. The van der Waals surface area contributed by atoms with Crippen molar-refractivity contribution in [1.29, 1.82) is 0 Å². The van der Waals surface area contributed by atoms with Crippen molar-refractivity contribution in [2.45, 2.75) is 39.3 Å². The number of rotatable bonds is 4. The monoisotopic (exact) mass is 246 g/mol. The van der Waals surface area contributed by atoms with Crippen molar-refractivity contribution in [3.63, 3.8) is 0 Å². The molecule has 0 aliphatic carbocycles. The van der Waals surface area contributed by atoms with E-state index >= 15 is 0 Å². The van der Waals surface area contributed by atoms with Crippen molar-refractivity contribution in [3.05, 3.63) is 35.4 Å². The largest absolute Gasteiger partial charge is 0.313 e. The Balaban J connectivity index is 1.85. The van der Waals surface area contributed by atoms with E-state index in [2.05, 4.69) is 55.4 Å². The van der Waals surface area contributed by atoms with Crippen LogP contribution in [-0.2, 0) is 6.54 Å². The number of benzene rings is 1. The number of aryl methyl sites for hydroxylation is 1. The van der Waals surface area contributed by atoms with Gasteiger partial charge in [-0.3, -0.25) is 0 Å². The summed E-state index contributed by atoms with van der Waals surface area (Å²) in [6.45, 7) is 7.96. The van der Waals surface area contributed by atoms with Gasteiger partial charge in [0.2, 0.25) is 0 Å². The summed E-state index contributed by atoms with van der Waals surface area (Å²) in [6, 6.07) is 9.36. The first-order chi connectivity index (χ1) is 8.65. The van der Waals surface area contributed by atoms with E-state index in [0.717, 1.165) is 19.0 Å². The van der Waals surface area contributed by atoms with Gasteiger partial charge in [0.15, 0.2) is 0 Å². The molecule has 1 N–H and O–H groups in total. The van der Waals surface area contributed by atoms with Gasteiger partial charge in [-0.1, -0.05) is 31.2 Å². The second kappa shape index (κ2) is 6.35. The van der Waals surface area contributed by atoms with Crippen molar-refractivity contribution in [3.8, 4) is 0 Å². The predicted octanol–water partition coefficient (Wildman–Crippen LogP) is 2.81. The molecule has 1 aliphatic rings. The van der Waals surface area contributed by atoms with Gasteiger partial charge in [0.05, 0.1) is 0 Å². The van der Waals surface area contributed by atoms with Crippen LogP contribution in [0, 0.1) is 12.8 Å². The Hall–Kier alpha value is -0.860. The van der Waals surface area contributed by atoms with Crippen molar-refractivity contribution >= 4 is 0 Å². The molecule has 2 rings (SSSR count). The van der Waals surface area contributed by atoms with E-state index in [1.807, 2.05) is 0 Å². The smallest absolute Gasteiger partial charge is 0.0233 e. The molecule has 2 unspecified atom stereocenters. The van der Waals surface area contributed by atoms with E-state index in [4.69, 9.17) is 0 Å². The minimum absolute atomic E-state index is 0.669. The summed E-state index contributed by atoms with van der Waals surface area (Å²) >= 11 is 0. The summed E-state index contributed by atoms with van der Waals surface area (Å²) in [5.41, 5.74) is 2.85. The molecule has 2 nitrogen and oxygen atoms in total. The number of nitrogens with one attached hydrogen (secondary N) is 1. The Bertz CT molecular complexity index is 375. The maximum atomic E-state index is 3.64. The van der Waals surface area contributed by atoms with Gasteiger partial charge in [-0.15, -0.1) is 0 Å². The Morgan fingerprint density at radius 1 is 1.33 bits per heavy atom. The summed E-state index contributed by atoms with van der Waals surface area (Å²) in [6.07, 6.45) is 2.65. The van der Waals surface area contributed by atoms with Crippen LogP contribution in [0.5, 0.6) is 0 Å². The van der Waals surface area contributed by atoms with Crippen molar-refractivity contribution in [2.75, 3.05) is 20.1 Å². The molecule has 1 aliphatic heterocycles. The van der Waals surface area contributed by atoms with Gasteiger partial charge in [0.1, 0.15) is 0 Å². The Morgan fingerprint density at radius 2 is 2.11 bits per heavy atom. The molecule has 0 spiro atoms. The molecule has 1 saturated heterocycles. The van der Waals surface area contributed by atoms with E-state index in [-0.39, 0.29) is 0 Å². The van der Waals surface area contributed by atoms with Crippen LogP contribution in [0.2, 0.25) is 0 Å². The number of likely N-dealkylation sites (N-methyl/N-ethyl adjacent to an activating group) is 1. The molecule has 1 aromatic carbocycles. The highest BCUT2D eigenvalue weighted by Gasteiger charge is 2.19. The Kier molecular flexibility index (Phi) is 4.79. The van der Waals surface area contributed by atoms with Crippen LogP contribution in [-0.4, -0.2) is 31.1 Å². The number of piperidine rings is 1. The molecule has 1 aromatic rings. The molecular weight excluding hydrogens is 220 g/mol. The highest BCUT2D eigenvalue weighted by molar-refractivity contribution is 5.25. The first-order valence-corrected chi connectivity index (χ1v) is 7.11. The summed E-state index contributed by atoms with van der Waals surface area (Å²) in [7, 11) is 2.23. The maximum Gasteiger partial charge on any atom is 0.0233 e. The summed E-state index contributed by atoms with van der Waals surface area (Å²) in [4.78, 5) is 2.44. The van der Waals surface area contributed by atoms with Crippen LogP contribution in [0.3, 0.4) is 0 Å². The van der Waals surface area contributed by atoms with Gasteiger partial charge in [-0.2, -0.15) is 0 Å². The SMILES string of the molecule is Cc1ccccc1CN(C)CC1CC(C)CCN1. The highest BCUT2D eigenvalue weighted by Crippen LogP contribution is 2.16. The Morgan fingerprint density at radius 3 is 2.83 bits per heavy atom. The first kappa shape index (κ1) is 13.6. The quantitative estimate of drug-likeness (QED) is 0.879. The van der Waals surface area contributed by atoms with Crippen molar-refractivity contribution < 1.29 is 0 Å². The zero-order valence-electron chi connectivity index (χ0n) is 11.9. The van der Waals surface area contributed by atoms with Gasteiger partial charge in [-0.25, -0.2) is 0 Å². The zero-order chi connectivity index (χ0) is 13.0. The Labute approximate surface area is 111 Å². The van der Waals surface area contributed by atoms with Crippen LogP contribution in [0.15, 0.2) is 24.3 Å². The molecule has 0 bridgehead atoms. The lowest BCUT2D eigenvalue weighted by molar-refractivity contribution is 0.230. The molecule has 1 fully saturated rings. The maximum absolute atomic E-state index is 3.64. The minimum atomic E-state index is 0.669. The lowest BCUT2D eigenvalue weighted by atomic mass is 9.94. The van der Waals surface area contributed by atoms with Gasteiger partial charge >= 0.3 is 0 Å². The highest BCUT2D eigenvalue weighted by atomic mass is 15.1. The van der Waals surface area contributed by atoms with Gasteiger partial charge in [0, 0.05) is 19.1 Å². The van der Waals surface area contributed by atoms with Crippen LogP contribution >= 0.6 is 0 Å². The second-order valence-corrected chi connectivity index (χ2v) is 5.90. The molecule has 100 valence electrons. The molecule has 0 amide bonds. The predicted molar refractivity (Wildman–Crippen MR) is 77.7 cm³/mol. The minimum Gasteiger partial charge on any atom is -0.313 e. The average molecular weight is 246 g/mol. The molecule has 1 heterocycles. The van der Waals surface area contributed by atoms with Crippen LogP contribution in [0.1, 0.15) is 30.9 Å². The van der Waals surface area contributed by atoms with Crippen LogP contribution < -0.4 is 5.32 Å². The standard InChI is InChI=1S/C16H26N2/c1-13-8-9-17-16(10-13)12-18(3)11-15-7-5-4-6-14(15)2/h4-7,13,16-17H,8-12H2,1-3H3. The number of hydrogen-bond acceptors (Lipinski definition) is 2. The van der Waals surface area contributed by atoms with Gasteiger partial charge < -0.3 is 10.2 Å². The van der Waals surface area contributed by atoms with E-state index in [9.17, 15) is 0 Å². The summed E-state index contributed by atoms with van der Waals surface area (Å²) < 4.78 is 0. The zero-order valence-corrected chi connectivity index (χ0v) is 11.9. The second-order valence-electron chi connectivity index (χ2n) is 5.90. The molecule has 0 radical (unpaired) electrons. The normalized spacial score (nSPS) is 24.4. The fourth-order valence-corrected chi connectivity index (χ4v) is 2.88. The van der Waals surface area contributed by atoms with Crippen molar-refractivity contribution in [2.24, 2.45) is 5.92 Å². The molecule has 2 heteroatoms. The molecule has 2 atom stereocenters. The molecule has 18 heavy (non-hydrogen) atoms. The van der Waals surface area contributed by atoms with Crippen LogP contribution in [0.4, 0.5) is 0 Å². The van der Waals surface area contributed by atoms with E-state index < -0.39 is 0 Å². The topological polar surface area (TPSA) is 15.3 Å². The number of nitrogens with zero attached hydrogens (tertiary/aromatic N) is 1.